The second-order valence-electron chi connectivity index (χ2n) is 4.26. The highest BCUT2D eigenvalue weighted by molar-refractivity contribution is 7.99. The van der Waals surface area contributed by atoms with Gasteiger partial charge in [-0.15, -0.1) is 11.8 Å². The zero-order valence-electron chi connectivity index (χ0n) is 9.98. The fourth-order valence-electron chi connectivity index (χ4n) is 1.20. The first-order valence-electron chi connectivity index (χ1n) is 5.04. The lowest BCUT2D eigenvalue weighted by Gasteiger charge is -2.27. The molecule has 17 heavy (non-hydrogen) atoms. The maximum Gasteiger partial charge on any atom is 0.321 e. The monoisotopic (exact) mass is 277 g/mol. The van der Waals surface area contributed by atoms with E-state index in [1.807, 2.05) is 7.05 Å². The number of carboxylic acids is 1. The standard InChI is InChI=1S/C10H16ClN3O2S/c1-10(2,8(12)9(15)16)17-5-7-13-4-6(11)14(7)3/h4,8H,5,12H2,1-3H3,(H,15,16)/t8-/m0/s1. The SMILES string of the molecule is Cn1c(Cl)cnc1CSC(C)(C)[C@@H](N)C(=O)O. The maximum atomic E-state index is 10.8. The summed E-state index contributed by atoms with van der Waals surface area (Å²) in [6.07, 6.45) is 1.57. The summed E-state index contributed by atoms with van der Waals surface area (Å²) in [5.41, 5.74) is 5.63. The first kappa shape index (κ1) is 14.3. The number of halogens is 1. The van der Waals surface area contributed by atoms with E-state index < -0.39 is 16.8 Å². The number of aliphatic carboxylic acids is 1. The lowest BCUT2D eigenvalue weighted by atomic mass is 10.1. The molecule has 7 heteroatoms. The van der Waals surface area contributed by atoms with Gasteiger partial charge in [0.2, 0.25) is 0 Å². The number of rotatable bonds is 5. The van der Waals surface area contributed by atoms with Gasteiger partial charge >= 0.3 is 5.97 Å². The number of carboxylic acid groups (broad SMARTS) is 1. The van der Waals surface area contributed by atoms with Crippen LogP contribution in [0.1, 0.15) is 19.7 Å². The van der Waals surface area contributed by atoms with Gasteiger partial charge < -0.3 is 15.4 Å². The Kier molecular flexibility index (Phi) is 4.46. The van der Waals surface area contributed by atoms with Gasteiger partial charge in [-0.1, -0.05) is 11.6 Å². The van der Waals surface area contributed by atoms with E-state index in [-0.39, 0.29) is 0 Å². The molecule has 96 valence electrons. The minimum atomic E-state index is -1.000. The molecule has 5 nitrogen and oxygen atoms in total. The summed E-state index contributed by atoms with van der Waals surface area (Å²) in [5, 5.41) is 9.45. The van der Waals surface area contributed by atoms with Gasteiger partial charge in [0.15, 0.2) is 0 Å². The summed E-state index contributed by atoms with van der Waals surface area (Å²) in [6, 6.07) is -0.914. The zero-order valence-corrected chi connectivity index (χ0v) is 11.5. The van der Waals surface area contributed by atoms with Crippen molar-refractivity contribution in [2.45, 2.75) is 30.4 Å². The smallest absolute Gasteiger partial charge is 0.321 e. The first-order chi connectivity index (χ1) is 7.75. The zero-order chi connectivity index (χ0) is 13.2. The average Bonchev–Trinajstić information content (AvgIpc) is 2.56. The molecule has 0 aromatic carbocycles. The Balaban J connectivity index is 2.67. The van der Waals surface area contributed by atoms with E-state index in [0.717, 1.165) is 5.82 Å². The molecule has 0 amide bonds. The van der Waals surface area contributed by atoms with Crippen LogP contribution in [0.2, 0.25) is 5.15 Å². The molecule has 0 radical (unpaired) electrons. The average molecular weight is 278 g/mol. The van der Waals surface area contributed by atoms with Crippen molar-refractivity contribution in [2.24, 2.45) is 12.8 Å². The molecule has 1 aromatic rings. The highest BCUT2D eigenvalue weighted by atomic mass is 35.5. The predicted octanol–water partition coefficient (Wildman–Crippen LogP) is 1.50. The maximum absolute atomic E-state index is 10.8. The van der Waals surface area contributed by atoms with E-state index in [0.29, 0.717) is 10.9 Å². The molecule has 1 heterocycles. The van der Waals surface area contributed by atoms with Gasteiger partial charge in [0.05, 0.1) is 11.9 Å². The molecular formula is C10H16ClN3O2S. The molecule has 0 aliphatic heterocycles. The van der Waals surface area contributed by atoms with Crippen molar-refractivity contribution in [2.75, 3.05) is 0 Å². The number of nitrogens with zero attached hydrogens (tertiary/aromatic N) is 2. The molecule has 0 aliphatic rings. The lowest BCUT2D eigenvalue weighted by Crippen LogP contribution is -2.46. The first-order valence-corrected chi connectivity index (χ1v) is 6.40. The Morgan fingerprint density at radius 1 is 1.76 bits per heavy atom. The highest BCUT2D eigenvalue weighted by Gasteiger charge is 2.32. The fourth-order valence-corrected chi connectivity index (χ4v) is 2.39. The van der Waals surface area contributed by atoms with Crippen molar-refractivity contribution < 1.29 is 9.90 Å². The van der Waals surface area contributed by atoms with E-state index in [2.05, 4.69) is 4.98 Å². The van der Waals surface area contributed by atoms with Crippen molar-refractivity contribution in [1.29, 1.82) is 0 Å². The van der Waals surface area contributed by atoms with Gasteiger partial charge in [0, 0.05) is 11.8 Å². The second-order valence-corrected chi connectivity index (χ2v) is 6.28. The van der Waals surface area contributed by atoms with E-state index in [9.17, 15) is 4.79 Å². The quantitative estimate of drug-likeness (QED) is 0.852. The molecule has 0 fully saturated rings. The van der Waals surface area contributed by atoms with Crippen LogP contribution in [0.15, 0.2) is 6.20 Å². The lowest BCUT2D eigenvalue weighted by molar-refractivity contribution is -0.139. The van der Waals surface area contributed by atoms with E-state index in [1.54, 1.807) is 24.6 Å². The van der Waals surface area contributed by atoms with Crippen molar-refractivity contribution in [3.05, 3.63) is 17.2 Å². The van der Waals surface area contributed by atoms with Crippen molar-refractivity contribution in [3.8, 4) is 0 Å². The normalized spacial score (nSPS) is 13.7. The third-order valence-corrected chi connectivity index (χ3v) is 4.37. The molecule has 0 spiro atoms. The van der Waals surface area contributed by atoms with Crippen LogP contribution in [-0.2, 0) is 17.6 Å². The molecule has 1 aromatic heterocycles. The summed E-state index contributed by atoms with van der Waals surface area (Å²) in [7, 11) is 1.81. The number of hydrogen-bond acceptors (Lipinski definition) is 4. The largest absolute Gasteiger partial charge is 0.480 e. The van der Waals surface area contributed by atoms with Crippen molar-refractivity contribution >= 4 is 29.3 Å². The Morgan fingerprint density at radius 3 is 2.76 bits per heavy atom. The van der Waals surface area contributed by atoms with Crippen molar-refractivity contribution in [1.82, 2.24) is 9.55 Å². The Bertz CT molecular complexity index is 420. The molecule has 0 aliphatic carbocycles. The van der Waals surface area contributed by atoms with Crippen LogP contribution < -0.4 is 5.73 Å². The summed E-state index contributed by atoms with van der Waals surface area (Å²) < 4.78 is 1.20. The minimum absolute atomic E-state index is 0.556. The Labute approximate surface area is 109 Å². The molecule has 1 rings (SSSR count). The molecule has 1 atom stereocenters. The molecule has 0 saturated carbocycles. The van der Waals surface area contributed by atoms with Gasteiger partial charge in [0.25, 0.3) is 0 Å². The van der Waals surface area contributed by atoms with Crippen LogP contribution in [0.3, 0.4) is 0 Å². The van der Waals surface area contributed by atoms with Crippen molar-refractivity contribution in [3.63, 3.8) is 0 Å². The molecule has 0 saturated heterocycles. The van der Waals surface area contributed by atoms with Crippen LogP contribution in [0.5, 0.6) is 0 Å². The van der Waals surface area contributed by atoms with E-state index in [1.165, 1.54) is 11.8 Å². The highest BCUT2D eigenvalue weighted by Crippen LogP contribution is 2.30. The summed E-state index contributed by atoms with van der Waals surface area (Å²) >= 11 is 7.31. The van der Waals surface area contributed by atoms with Crippen LogP contribution in [0.4, 0.5) is 0 Å². The van der Waals surface area contributed by atoms with Gasteiger partial charge in [-0.3, -0.25) is 4.79 Å². The summed E-state index contributed by atoms with van der Waals surface area (Å²) in [5.74, 6) is 0.364. The number of carbonyl (C=O) groups is 1. The summed E-state index contributed by atoms with van der Waals surface area (Å²) in [6.45, 7) is 3.61. The van der Waals surface area contributed by atoms with Gasteiger partial charge in [-0.25, -0.2) is 4.98 Å². The minimum Gasteiger partial charge on any atom is -0.480 e. The number of nitrogens with two attached hydrogens (primary N) is 1. The number of thioether (sulfide) groups is 1. The summed E-state index contributed by atoms with van der Waals surface area (Å²) in [4.78, 5) is 15.0. The van der Waals surface area contributed by atoms with Crippen LogP contribution >= 0.6 is 23.4 Å². The number of imidazole rings is 1. The molecule has 0 unspecified atom stereocenters. The third-order valence-electron chi connectivity index (χ3n) is 2.62. The number of aromatic nitrogens is 2. The molecular weight excluding hydrogens is 262 g/mol. The predicted molar refractivity (Wildman–Crippen MR) is 69.2 cm³/mol. The Morgan fingerprint density at radius 2 is 2.35 bits per heavy atom. The van der Waals surface area contributed by atoms with Crippen LogP contribution in [0.25, 0.3) is 0 Å². The molecule has 3 N–H and O–H groups in total. The topological polar surface area (TPSA) is 81.1 Å². The van der Waals surface area contributed by atoms with E-state index >= 15 is 0 Å². The second kappa shape index (κ2) is 5.29. The van der Waals surface area contributed by atoms with Gasteiger partial charge in [0.1, 0.15) is 17.0 Å². The van der Waals surface area contributed by atoms with Gasteiger partial charge in [-0.2, -0.15) is 0 Å². The molecule has 0 bridgehead atoms. The number of hydrogen-bond donors (Lipinski definition) is 2. The third kappa shape index (κ3) is 3.37. The van der Waals surface area contributed by atoms with Crippen LogP contribution in [0, 0.1) is 0 Å². The van der Waals surface area contributed by atoms with Crippen LogP contribution in [-0.4, -0.2) is 31.4 Å². The van der Waals surface area contributed by atoms with E-state index in [4.69, 9.17) is 22.4 Å². The van der Waals surface area contributed by atoms with Gasteiger partial charge in [-0.05, 0) is 13.8 Å². The fraction of sp³-hybridized carbons (Fsp3) is 0.600. The Hall–Kier alpha value is -0.720.